The molecule has 0 saturated heterocycles. The summed E-state index contributed by atoms with van der Waals surface area (Å²) in [6, 6.07) is 12.7. The summed E-state index contributed by atoms with van der Waals surface area (Å²) >= 11 is 9.85. The third-order valence-corrected chi connectivity index (χ3v) is 4.99. The molecule has 2 aromatic rings. The molecular formula is C16H14BrClO. The number of ether oxygens (including phenoxy) is 1. The van der Waals surface area contributed by atoms with E-state index in [1.54, 1.807) is 0 Å². The van der Waals surface area contributed by atoms with E-state index in [1.165, 1.54) is 22.3 Å². The normalized spacial score (nSPS) is 15.3. The number of hydrogen-bond donors (Lipinski definition) is 0. The highest BCUT2D eigenvalue weighted by atomic mass is 79.9. The molecule has 1 aliphatic heterocycles. The SMILES string of the molecule is Cc1cc(C(Br)c2ccc3c(c2)COC3)ccc1Cl. The predicted molar refractivity (Wildman–Crippen MR) is 81.9 cm³/mol. The Morgan fingerprint density at radius 1 is 1.05 bits per heavy atom. The van der Waals surface area contributed by atoms with Crippen LogP contribution in [0.2, 0.25) is 5.02 Å². The van der Waals surface area contributed by atoms with E-state index in [1.807, 2.05) is 13.0 Å². The van der Waals surface area contributed by atoms with Crippen molar-refractivity contribution in [1.82, 2.24) is 0 Å². The van der Waals surface area contributed by atoms with Crippen molar-refractivity contribution in [2.24, 2.45) is 0 Å². The summed E-state index contributed by atoms with van der Waals surface area (Å²) in [7, 11) is 0. The Labute approximate surface area is 126 Å². The standard InChI is InChI=1S/C16H14BrClO/c1-10-6-11(4-5-15(10)18)16(17)12-2-3-13-8-19-9-14(13)7-12/h2-7,16H,8-9H2,1H3. The van der Waals surface area contributed by atoms with Gasteiger partial charge in [0, 0.05) is 5.02 Å². The average Bonchev–Trinajstić information content (AvgIpc) is 2.88. The molecule has 1 nitrogen and oxygen atoms in total. The molecule has 0 fully saturated rings. The van der Waals surface area contributed by atoms with E-state index in [2.05, 4.69) is 46.3 Å². The van der Waals surface area contributed by atoms with Crippen molar-refractivity contribution in [2.45, 2.75) is 25.0 Å². The van der Waals surface area contributed by atoms with Gasteiger partial charge in [-0.2, -0.15) is 0 Å². The molecule has 0 saturated carbocycles. The second kappa shape index (κ2) is 5.28. The van der Waals surface area contributed by atoms with Crippen LogP contribution in [0.5, 0.6) is 0 Å². The van der Waals surface area contributed by atoms with Crippen LogP contribution in [0, 0.1) is 6.92 Å². The van der Waals surface area contributed by atoms with Crippen LogP contribution in [-0.2, 0) is 18.0 Å². The van der Waals surface area contributed by atoms with Gasteiger partial charge in [-0.1, -0.05) is 57.9 Å². The van der Waals surface area contributed by atoms with Crippen molar-refractivity contribution >= 4 is 27.5 Å². The molecule has 0 spiro atoms. The summed E-state index contributed by atoms with van der Waals surface area (Å²) in [6.45, 7) is 3.49. The summed E-state index contributed by atoms with van der Waals surface area (Å²) in [5.41, 5.74) is 6.18. The number of fused-ring (bicyclic) bond motifs is 1. The molecule has 0 N–H and O–H groups in total. The third-order valence-electron chi connectivity index (χ3n) is 3.51. The van der Waals surface area contributed by atoms with Gasteiger partial charge in [-0.05, 0) is 40.8 Å². The molecular weight excluding hydrogens is 324 g/mol. The van der Waals surface area contributed by atoms with Gasteiger partial charge in [-0.25, -0.2) is 0 Å². The van der Waals surface area contributed by atoms with Crippen molar-refractivity contribution in [3.05, 3.63) is 69.2 Å². The fourth-order valence-corrected chi connectivity index (χ4v) is 3.05. The molecule has 1 heterocycles. The molecule has 2 aromatic carbocycles. The van der Waals surface area contributed by atoms with Gasteiger partial charge < -0.3 is 4.74 Å². The lowest BCUT2D eigenvalue weighted by Crippen LogP contribution is -1.95. The largest absolute Gasteiger partial charge is 0.372 e. The van der Waals surface area contributed by atoms with Crippen LogP contribution >= 0.6 is 27.5 Å². The monoisotopic (exact) mass is 336 g/mol. The van der Waals surface area contributed by atoms with E-state index in [-0.39, 0.29) is 4.83 Å². The maximum atomic E-state index is 6.08. The number of rotatable bonds is 2. The van der Waals surface area contributed by atoms with Gasteiger partial charge in [0.1, 0.15) is 0 Å². The van der Waals surface area contributed by atoms with Crippen LogP contribution in [0.3, 0.4) is 0 Å². The first-order valence-electron chi connectivity index (χ1n) is 6.25. The first-order valence-corrected chi connectivity index (χ1v) is 7.54. The van der Waals surface area contributed by atoms with Crippen molar-refractivity contribution < 1.29 is 4.74 Å². The lowest BCUT2D eigenvalue weighted by molar-refractivity contribution is 0.134. The molecule has 1 atom stereocenters. The molecule has 0 radical (unpaired) electrons. The van der Waals surface area contributed by atoms with Gasteiger partial charge >= 0.3 is 0 Å². The topological polar surface area (TPSA) is 9.23 Å². The van der Waals surface area contributed by atoms with Gasteiger partial charge in [0.25, 0.3) is 0 Å². The molecule has 0 bridgehead atoms. The summed E-state index contributed by atoms with van der Waals surface area (Å²) in [4.78, 5) is 0.189. The van der Waals surface area contributed by atoms with Gasteiger partial charge in [0.15, 0.2) is 0 Å². The first kappa shape index (κ1) is 13.2. The first-order chi connectivity index (χ1) is 9.15. The van der Waals surface area contributed by atoms with Gasteiger partial charge in [-0.15, -0.1) is 0 Å². The van der Waals surface area contributed by atoms with Crippen LogP contribution in [0.25, 0.3) is 0 Å². The van der Waals surface area contributed by atoms with Crippen LogP contribution < -0.4 is 0 Å². The Morgan fingerprint density at radius 3 is 2.53 bits per heavy atom. The second-order valence-corrected chi connectivity index (χ2v) is 6.21. The van der Waals surface area contributed by atoms with E-state index >= 15 is 0 Å². The summed E-state index contributed by atoms with van der Waals surface area (Å²) in [6.07, 6.45) is 0. The molecule has 3 rings (SSSR count). The molecule has 0 aromatic heterocycles. The lowest BCUT2D eigenvalue weighted by Gasteiger charge is -2.13. The molecule has 0 amide bonds. The van der Waals surface area contributed by atoms with Crippen LogP contribution in [0.15, 0.2) is 36.4 Å². The van der Waals surface area contributed by atoms with E-state index in [9.17, 15) is 0 Å². The Kier molecular flexibility index (Phi) is 3.66. The second-order valence-electron chi connectivity index (χ2n) is 4.89. The van der Waals surface area contributed by atoms with E-state index in [4.69, 9.17) is 16.3 Å². The van der Waals surface area contributed by atoms with Crippen LogP contribution in [0.1, 0.15) is 32.6 Å². The Balaban J connectivity index is 1.94. The Bertz CT molecular complexity index is 624. The van der Waals surface area contributed by atoms with Crippen molar-refractivity contribution in [3.8, 4) is 0 Å². The maximum absolute atomic E-state index is 6.08. The van der Waals surface area contributed by atoms with Gasteiger partial charge in [0.05, 0.1) is 18.0 Å². The van der Waals surface area contributed by atoms with Crippen molar-refractivity contribution in [3.63, 3.8) is 0 Å². The molecule has 98 valence electrons. The zero-order chi connectivity index (χ0) is 13.4. The number of aryl methyl sites for hydroxylation is 1. The fourth-order valence-electron chi connectivity index (χ4n) is 2.37. The molecule has 1 unspecified atom stereocenters. The summed E-state index contributed by atoms with van der Waals surface area (Å²) in [5, 5.41) is 0.811. The van der Waals surface area contributed by atoms with E-state index in [0.29, 0.717) is 0 Å². The van der Waals surface area contributed by atoms with Crippen molar-refractivity contribution in [2.75, 3.05) is 0 Å². The Morgan fingerprint density at radius 2 is 1.74 bits per heavy atom. The minimum absolute atomic E-state index is 0.189. The minimum Gasteiger partial charge on any atom is -0.372 e. The smallest absolute Gasteiger partial charge is 0.0725 e. The predicted octanol–water partition coefficient (Wildman–Crippen LogP) is 5.16. The number of benzene rings is 2. The van der Waals surface area contributed by atoms with Gasteiger partial charge in [0.2, 0.25) is 0 Å². The average molecular weight is 338 g/mol. The van der Waals surface area contributed by atoms with E-state index in [0.717, 1.165) is 23.8 Å². The lowest BCUT2D eigenvalue weighted by atomic mass is 9.99. The zero-order valence-electron chi connectivity index (χ0n) is 10.6. The highest BCUT2D eigenvalue weighted by Gasteiger charge is 2.16. The number of alkyl halides is 1. The van der Waals surface area contributed by atoms with Crippen LogP contribution in [0.4, 0.5) is 0 Å². The van der Waals surface area contributed by atoms with Gasteiger partial charge in [-0.3, -0.25) is 0 Å². The fraction of sp³-hybridized carbons (Fsp3) is 0.250. The highest BCUT2D eigenvalue weighted by Crippen LogP contribution is 2.34. The third kappa shape index (κ3) is 2.58. The quantitative estimate of drug-likeness (QED) is 0.688. The highest BCUT2D eigenvalue weighted by molar-refractivity contribution is 9.09. The van der Waals surface area contributed by atoms with E-state index < -0.39 is 0 Å². The molecule has 0 aliphatic carbocycles. The molecule has 1 aliphatic rings. The minimum atomic E-state index is 0.189. The Hall–Kier alpha value is -0.830. The van der Waals surface area contributed by atoms with Crippen LogP contribution in [-0.4, -0.2) is 0 Å². The zero-order valence-corrected chi connectivity index (χ0v) is 13.0. The van der Waals surface area contributed by atoms with Crippen molar-refractivity contribution in [1.29, 1.82) is 0 Å². The maximum Gasteiger partial charge on any atom is 0.0725 e. The summed E-state index contributed by atoms with van der Waals surface area (Å²) in [5.74, 6) is 0. The number of halogens is 2. The molecule has 3 heteroatoms. The number of hydrogen-bond acceptors (Lipinski definition) is 1. The summed E-state index contributed by atoms with van der Waals surface area (Å²) < 4.78 is 5.46. The molecule has 19 heavy (non-hydrogen) atoms.